The van der Waals surface area contributed by atoms with Crippen molar-refractivity contribution in [2.24, 2.45) is 0 Å². The van der Waals surface area contributed by atoms with Crippen molar-refractivity contribution in [1.29, 1.82) is 0 Å². The summed E-state index contributed by atoms with van der Waals surface area (Å²) in [5, 5.41) is 7.74. The Bertz CT molecular complexity index is 497. The molecule has 1 N–H and O–H groups in total. The van der Waals surface area contributed by atoms with Gasteiger partial charge < -0.3 is 5.32 Å². The normalized spacial score (nSPS) is 18.4. The highest BCUT2D eigenvalue weighted by Crippen LogP contribution is 2.20. The van der Waals surface area contributed by atoms with E-state index in [4.69, 9.17) is 0 Å². The van der Waals surface area contributed by atoms with Crippen LogP contribution in [0.15, 0.2) is 24.5 Å². The van der Waals surface area contributed by atoms with Gasteiger partial charge in [0.15, 0.2) is 5.65 Å². The Morgan fingerprint density at radius 3 is 2.67 bits per heavy atom. The number of hydrogen-bond donors (Lipinski definition) is 1. The fourth-order valence-electron chi connectivity index (χ4n) is 2.70. The predicted molar refractivity (Wildman–Crippen MR) is 72.7 cm³/mol. The number of fused-ring (bicyclic) bond motifs is 1. The van der Waals surface area contributed by atoms with Crippen molar-refractivity contribution in [3.05, 3.63) is 24.5 Å². The molecular formula is C14H20N4. The van der Waals surface area contributed by atoms with Gasteiger partial charge in [-0.05, 0) is 18.9 Å². The molecule has 0 unspecified atom stereocenters. The van der Waals surface area contributed by atoms with E-state index in [2.05, 4.69) is 15.4 Å². The van der Waals surface area contributed by atoms with Crippen LogP contribution in [0.2, 0.25) is 0 Å². The molecule has 1 fully saturated rings. The maximum absolute atomic E-state index is 4.57. The predicted octanol–water partition coefficient (Wildman–Crippen LogP) is 3.25. The van der Waals surface area contributed by atoms with Gasteiger partial charge in [-0.15, -0.1) is 0 Å². The molecule has 0 spiro atoms. The molecule has 0 radical (unpaired) electrons. The maximum atomic E-state index is 4.57. The van der Waals surface area contributed by atoms with Crippen molar-refractivity contribution in [3.8, 4) is 0 Å². The minimum absolute atomic E-state index is 0.586. The Kier molecular flexibility index (Phi) is 3.44. The molecule has 0 atom stereocenters. The average Bonchev–Trinajstić information content (AvgIpc) is 2.79. The molecule has 96 valence electrons. The van der Waals surface area contributed by atoms with Crippen molar-refractivity contribution in [2.45, 2.75) is 51.0 Å². The first-order valence-corrected chi connectivity index (χ1v) is 6.99. The summed E-state index contributed by atoms with van der Waals surface area (Å²) in [7, 11) is 0. The second-order valence-electron chi connectivity index (χ2n) is 5.13. The molecule has 0 amide bonds. The van der Waals surface area contributed by atoms with Gasteiger partial charge in [0.05, 0.1) is 6.20 Å². The molecule has 4 heteroatoms. The Labute approximate surface area is 107 Å². The van der Waals surface area contributed by atoms with E-state index in [1.807, 2.05) is 18.3 Å². The fraction of sp³-hybridized carbons (Fsp3) is 0.571. The second-order valence-corrected chi connectivity index (χ2v) is 5.13. The number of rotatable bonds is 2. The summed E-state index contributed by atoms with van der Waals surface area (Å²) in [6.45, 7) is 0. The van der Waals surface area contributed by atoms with Gasteiger partial charge in [0, 0.05) is 18.3 Å². The van der Waals surface area contributed by atoms with Crippen LogP contribution in [-0.4, -0.2) is 20.6 Å². The quantitative estimate of drug-likeness (QED) is 0.881. The zero-order chi connectivity index (χ0) is 12.2. The lowest BCUT2D eigenvalue weighted by Gasteiger charge is -2.21. The summed E-state index contributed by atoms with van der Waals surface area (Å²) in [6, 6.07) is 4.53. The molecule has 0 aromatic carbocycles. The van der Waals surface area contributed by atoms with Crippen LogP contribution in [-0.2, 0) is 0 Å². The maximum Gasteiger partial charge on any atom is 0.157 e. The molecule has 0 aliphatic heterocycles. The van der Waals surface area contributed by atoms with Crippen LogP contribution in [0.1, 0.15) is 44.9 Å². The number of anilines is 1. The van der Waals surface area contributed by atoms with Crippen LogP contribution < -0.4 is 5.32 Å². The van der Waals surface area contributed by atoms with Crippen LogP contribution in [0.25, 0.3) is 5.65 Å². The molecule has 2 aromatic heterocycles. The molecule has 18 heavy (non-hydrogen) atoms. The Hall–Kier alpha value is -1.58. The van der Waals surface area contributed by atoms with Crippen molar-refractivity contribution in [2.75, 3.05) is 5.32 Å². The summed E-state index contributed by atoms with van der Waals surface area (Å²) >= 11 is 0. The van der Waals surface area contributed by atoms with Gasteiger partial charge in [0.2, 0.25) is 0 Å². The van der Waals surface area contributed by atoms with E-state index in [1.165, 1.54) is 44.9 Å². The molecular weight excluding hydrogens is 224 g/mol. The van der Waals surface area contributed by atoms with Gasteiger partial charge in [-0.3, -0.25) is 0 Å². The molecule has 0 saturated heterocycles. The van der Waals surface area contributed by atoms with E-state index in [-0.39, 0.29) is 0 Å². The third kappa shape index (κ3) is 2.63. The van der Waals surface area contributed by atoms with E-state index in [1.54, 1.807) is 10.7 Å². The van der Waals surface area contributed by atoms with E-state index < -0.39 is 0 Å². The number of hydrogen-bond acceptors (Lipinski definition) is 3. The highest BCUT2D eigenvalue weighted by molar-refractivity contribution is 5.45. The topological polar surface area (TPSA) is 42.2 Å². The van der Waals surface area contributed by atoms with Crippen molar-refractivity contribution < 1.29 is 0 Å². The fourth-order valence-corrected chi connectivity index (χ4v) is 2.70. The standard InChI is InChI=1S/C14H20N4/c1-2-4-6-12(7-5-3-1)16-13-9-11-18-14(17-13)8-10-15-18/h8-12H,1-7H2,(H,16,17). The number of aromatic nitrogens is 3. The molecule has 2 heterocycles. The summed E-state index contributed by atoms with van der Waals surface area (Å²) in [5.74, 6) is 0.980. The van der Waals surface area contributed by atoms with Gasteiger partial charge in [-0.2, -0.15) is 5.10 Å². The molecule has 3 rings (SSSR count). The molecule has 1 saturated carbocycles. The molecule has 1 aliphatic rings. The Morgan fingerprint density at radius 2 is 1.83 bits per heavy atom. The van der Waals surface area contributed by atoms with Crippen molar-refractivity contribution in [3.63, 3.8) is 0 Å². The minimum Gasteiger partial charge on any atom is -0.367 e. The SMILES string of the molecule is c1cc2nc(NC3CCCCCCC3)ccn2n1. The summed E-state index contributed by atoms with van der Waals surface area (Å²) in [5.41, 5.74) is 0.908. The smallest absolute Gasteiger partial charge is 0.157 e. The molecule has 2 aromatic rings. The second kappa shape index (κ2) is 5.38. The number of nitrogens with one attached hydrogen (secondary N) is 1. The lowest BCUT2D eigenvalue weighted by Crippen LogP contribution is -2.21. The third-order valence-corrected chi connectivity index (χ3v) is 3.72. The average molecular weight is 244 g/mol. The van der Waals surface area contributed by atoms with Crippen molar-refractivity contribution in [1.82, 2.24) is 14.6 Å². The van der Waals surface area contributed by atoms with Crippen LogP contribution in [0.4, 0.5) is 5.82 Å². The van der Waals surface area contributed by atoms with Gasteiger partial charge in [-0.25, -0.2) is 9.50 Å². The van der Waals surface area contributed by atoms with Crippen LogP contribution in [0.5, 0.6) is 0 Å². The zero-order valence-electron chi connectivity index (χ0n) is 10.7. The van der Waals surface area contributed by atoms with E-state index in [9.17, 15) is 0 Å². The van der Waals surface area contributed by atoms with E-state index in [0.717, 1.165) is 11.5 Å². The lowest BCUT2D eigenvalue weighted by molar-refractivity contribution is 0.471. The first-order valence-electron chi connectivity index (χ1n) is 6.99. The molecule has 1 aliphatic carbocycles. The number of nitrogens with zero attached hydrogens (tertiary/aromatic N) is 3. The van der Waals surface area contributed by atoms with Gasteiger partial charge >= 0.3 is 0 Å². The Morgan fingerprint density at radius 1 is 1.06 bits per heavy atom. The van der Waals surface area contributed by atoms with Gasteiger partial charge in [0.25, 0.3) is 0 Å². The van der Waals surface area contributed by atoms with Crippen LogP contribution in [0.3, 0.4) is 0 Å². The highest BCUT2D eigenvalue weighted by Gasteiger charge is 2.11. The third-order valence-electron chi connectivity index (χ3n) is 3.72. The summed E-state index contributed by atoms with van der Waals surface area (Å²) in [6.07, 6.45) is 13.1. The largest absolute Gasteiger partial charge is 0.367 e. The minimum atomic E-state index is 0.586. The van der Waals surface area contributed by atoms with Crippen LogP contribution in [0, 0.1) is 0 Å². The van der Waals surface area contributed by atoms with Crippen molar-refractivity contribution >= 4 is 11.5 Å². The zero-order valence-corrected chi connectivity index (χ0v) is 10.7. The molecule has 4 nitrogen and oxygen atoms in total. The highest BCUT2D eigenvalue weighted by atomic mass is 15.2. The van der Waals surface area contributed by atoms with Gasteiger partial charge in [-0.1, -0.05) is 32.1 Å². The first-order chi connectivity index (χ1) is 8.92. The Balaban J connectivity index is 1.69. The van der Waals surface area contributed by atoms with Gasteiger partial charge in [0.1, 0.15) is 5.82 Å². The first kappa shape index (κ1) is 11.5. The van der Waals surface area contributed by atoms with Crippen LogP contribution >= 0.6 is 0 Å². The van der Waals surface area contributed by atoms with E-state index in [0.29, 0.717) is 6.04 Å². The summed E-state index contributed by atoms with van der Waals surface area (Å²) < 4.78 is 1.79. The summed E-state index contributed by atoms with van der Waals surface area (Å²) in [4.78, 5) is 4.57. The monoisotopic (exact) mass is 244 g/mol. The molecule has 0 bridgehead atoms. The van der Waals surface area contributed by atoms with E-state index >= 15 is 0 Å². The lowest BCUT2D eigenvalue weighted by atomic mass is 9.97.